The SMILES string of the molecule is NC1=NN2C(N)C1N2Nc1cc[nH]n1. The second-order valence-electron chi connectivity index (χ2n) is 3.20. The van der Waals surface area contributed by atoms with E-state index in [2.05, 4.69) is 20.7 Å². The Balaban J connectivity index is 1.74. The number of hydrazone groups is 1. The molecule has 0 radical (unpaired) electrons. The van der Waals surface area contributed by atoms with Crippen LogP contribution in [0.15, 0.2) is 17.4 Å². The molecule has 1 fully saturated rings. The Labute approximate surface area is 79.5 Å². The van der Waals surface area contributed by atoms with Gasteiger partial charge in [0.15, 0.2) is 5.82 Å². The van der Waals surface area contributed by atoms with Gasteiger partial charge in [0.05, 0.1) is 0 Å². The molecule has 0 aliphatic carbocycles. The highest BCUT2D eigenvalue weighted by molar-refractivity contribution is 5.89. The summed E-state index contributed by atoms with van der Waals surface area (Å²) in [7, 11) is 0. The first-order valence-corrected chi connectivity index (χ1v) is 4.22. The van der Waals surface area contributed by atoms with Crippen molar-refractivity contribution in [1.82, 2.24) is 20.4 Å². The molecule has 8 nitrogen and oxygen atoms in total. The summed E-state index contributed by atoms with van der Waals surface area (Å²) in [5, 5.41) is 14.0. The monoisotopic (exact) mass is 194 g/mol. The van der Waals surface area contributed by atoms with E-state index >= 15 is 0 Å². The molecular weight excluding hydrogens is 184 g/mol. The number of amidine groups is 1. The topological polar surface area (TPSA) is 112 Å². The van der Waals surface area contributed by atoms with Crippen LogP contribution in [0, 0.1) is 0 Å². The third-order valence-corrected chi connectivity index (χ3v) is 2.33. The van der Waals surface area contributed by atoms with Crippen molar-refractivity contribution in [2.45, 2.75) is 12.2 Å². The van der Waals surface area contributed by atoms with Gasteiger partial charge in [-0.1, -0.05) is 0 Å². The van der Waals surface area contributed by atoms with Crippen LogP contribution in [0.25, 0.3) is 0 Å². The maximum atomic E-state index is 5.76. The summed E-state index contributed by atoms with van der Waals surface area (Å²) < 4.78 is 0. The standard InChI is InChI=1S/C6H10N8/c7-5-4-6(8)14(12-5)13(4)11-3-1-2-9-10-3/h1-2,4,6H,8H2,(H2,7,12)(H2,9,10,11). The largest absolute Gasteiger partial charge is 0.384 e. The number of hydrazine groups is 2. The maximum Gasteiger partial charge on any atom is 0.163 e. The van der Waals surface area contributed by atoms with E-state index < -0.39 is 0 Å². The number of nitrogens with one attached hydrogen (secondary N) is 2. The van der Waals surface area contributed by atoms with E-state index in [0.29, 0.717) is 11.7 Å². The molecule has 4 heterocycles. The smallest absolute Gasteiger partial charge is 0.163 e. The van der Waals surface area contributed by atoms with Gasteiger partial charge in [-0.15, -0.1) is 10.2 Å². The van der Waals surface area contributed by atoms with Gasteiger partial charge < -0.3 is 11.5 Å². The zero-order valence-electron chi connectivity index (χ0n) is 7.25. The molecule has 0 amide bonds. The number of rotatable bonds is 2. The highest BCUT2D eigenvalue weighted by Gasteiger charge is 2.53. The van der Waals surface area contributed by atoms with E-state index in [-0.39, 0.29) is 12.2 Å². The summed E-state index contributed by atoms with van der Waals surface area (Å²) in [4.78, 5) is 0. The third kappa shape index (κ3) is 0.783. The van der Waals surface area contributed by atoms with Crippen molar-refractivity contribution in [2.24, 2.45) is 16.6 Å². The summed E-state index contributed by atoms with van der Waals surface area (Å²) in [6.07, 6.45) is 1.57. The van der Waals surface area contributed by atoms with Crippen LogP contribution >= 0.6 is 0 Å². The molecule has 2 unspecified atom stereocenters. The molecule has 1 aromatic rings. The molecule has 0 saturated carbocycles. The molecule has 2 atom stereocenters. The lowest BCUT2D eigenvalue weighted by atomic mass is 10.2. The molecule has 0 spiro atoms. The average Bonchev–Trinajstić information content (AvgIpc) is 2.81. The van der Waals surface area contributed by atoms with Gasteiger partial charge in [-0.2, -0.15) is 10.2 Å². The molecule has 3 aliphatic heterocycles. The predicted molar refractivity (Wildman–Crippen MR) is 49.3 cm³/mol. The van der Waals surface area contributed by atoms with E-state index in [9.17, 15) is 0 Å². The Morgan fingerprint density at radius 3 is 2.93 bits per heavy atom. The summed E-state index contributed by atoms with van der Waals surface area (Å²) in [5.41, 5.74) is 14.4. The Morgan fingerprint density at radius 1 is 1.57 bits per heavy atom. The van der Waals surface area contributed by atoms with Crippen molar-refractivity contribution < 1.29 is 0 Å². The number of hydrogen-bond donors (Lipinski definition) is 4. The predicted octanol–water partition coefficient (Wildman–Crippen LogP) is -1.79. The van der Waals surface area contributed by atoms with E-state index in [1.165, 1.54) is 0 Å². The van der Waals surface area contributed by atoms with Crippen LogP contribution in [0.4, 0.5) is 5.82 Å². The zero-order chi connectivity index (χ0) is 9.71. The van der Waals surface area contributed by atoms with Gasteiger partial charge in [-0.3, -0.25) is 10.5 Å². The first-order chi connectivity index (χ1) is 6.77. The van der Waals surface area contributed by atoms with Crippen molar-refractivity contribution in [3.05, 3.63) is 12.3 Å². The second-order valence-corrected chi connectivity index (χ2v) is 3.20. The van der Waals surface area contributed by atoms with Crippen LogP contribution in [-0.4, -0.2) is 38.5 Å². The highest BCUT2D eigenvalue weighted by Crippen LogP contribution is 2.29. The van der Waals surface area contributed by atoms with Gasteiger partial charge in [0.1, 0.15) is 18.0 Å². The van der Waals surface area contributed by atoms with Gasteiger partial charge in [0.2, 0.25) is 0 Å². The minimum absolute atomic E-state index is 0.0632. The van der Waals surface area contributed by atoms with Crippen molar-refractivity contribution in [3.63, 3.8) is 0 Å². The normalized spacial score (nSPS) is 30.1. The highest BCUT2D eigenvalue weighted by atomic mass is 16.0. The number of aromatic nitrogens is 2. The molecule has 3 aliphatic rings. The van der Waals surface area contributed by atoms with Crippen LogP contribution in [0.1, 0.15) is 0 Å². The van der Waals surface area contributed by atoms with Crippen molar-refractivity contribution >= 4 is 11.7 Å². The molecule has 4 rings (SSSR count). The summed E-state index contributed by atoms with van der Waals surface area (Å²) in [5.74, 6) is 1.23. The molecule has 1 saturated heterocycles. The summed E-state index contributed by atoms with van der Waals surface area (Å²) >= 11 is 0. The van der Waals surface area contributed by atoms with E-state index in [4.69, 9.17) is 11.5 Å². The fourth-order valence-electron chi connectivity index (χ4n) is 1.63. The third-order valence-electron chi connectivity index (χ3n) is 2.33. The lowest BCUT2D eigenvalue weighted by Crippen LogP contribution is -2.72. The number of hydrogen-bond acceptors (Lipinski definition) is 7. The fourth-order valence-corrected chi connectivity index (χ4v) is 1.63. The summed E-state index contributed by atoms with van der Waals surface area (Å²) in [6.45, 7) is 0. The molecule has 14 heavy (non-hydrogen) atoms. The number of anilines is 1. The molecule has 0 aromatic carbocycles. The minimum Gasteiger partial charge on any atom is -0.384 e. The number of nitrogens with zero attached hydrogens (tertiary/aromatic N) is 4. The first-order valence-electron chi connectivity index (χ1n) is 4.22. The van der Waals surface area contributed by atoms with Crippen LogP contribution in [0.2, 0.25) is 0 Å². The molecule has 1 aromatic heterocycles. The van der Waals surface area contributed by atoms with Gasteiger partial charge in [-0.25, -0.2) is 0 Å². The van der Waals surface area contributed by atoms with Crippen molar-refractivity contribution in [3.8, 4) is 0 Å². The Bertz CT molecular complexity index is 369. The zero-order valence-corrected chi connectivity index (χ0v) is 7.25. The Hall–Kier alpha value is -1.80. The first kappa shape index (κ1) is 7.59. The summed E-state index contributed by atoms with van der Waals surface area (Å²) in [6, 6.07) is 1.74. The van der Waals surface area contributed by atoms with Gasteiger partial charge in [-0.05, 0) is 0 Å². The van der Waals surface area contributed by atoms with E-state index in [1.807, 2.05) is 0 Å². The van der Waals surface area contributed by atoms with Gasteiger partial charge in [0.25, 0.3) is 0 Å². The molecule has 6 N–H and O–H groups in total. The average molecular weight is 194 g/mol. The van der Waals surface area contributed by atoms with Crippen LogP contribution in [0.3, 0.4) is 0 Å². The lowest BCUT2D eigenvalue weighted by molar-refractivity contribution is -0.143. The van der Waals surface area contributed by atoms with Crippen LogP contribution < -0.4 is 16.9 Å². The fraction of sp³-hybridized carbons (Fsp3) is 0.333. The van der Waals surface area contributed by atoms with Gasteiger partial charge in [0, 0.05) is 12.3 Å². The van der Waals surface area contributed by atoms with Crippen LogP contribution in [-0.2, 0) is 0 Å². The van der Waals surface area contributed by atoms with Crippen molar-refractivity contribution in [1.29, 1.82) is 0 Å². The van der Waals surface area contributed by atoms with Gasteiger partial charge >= 0.3 is 0 Å². The van der Waals surface area contributed by atoms with E-state index in [0.717, 1.165) is 0 Å². The molecule has 8 heteroatoms. The minimum atomic E-state index is -0.151. The molecule has 74 valence electrons. The number of aromatic amines is 1. The lowest BCUT2D eigenvalue weighted by Gasteiger charge is -2.45. The molecular formula is C6H10N8. The van der Waals surface area contributed by atoms with E-state index in [1.54, 1.807) is 22.5 Å². The maximum absolute atomic E-state index is 5.76. The quantitative estimate of drug-likeness (QED) is 0.442. The number of nitrogens with two attached hydrogens (primary N) is 2. The van der Waals surface area contributed by atoms with Crippen molar-refractivity contribution in [2.75, 3.05) is 5.43 Å². The number of H-pyrrole nitrogens is 1. The molecule has 2 bridgehead atoms. The Kier molecular flexibility index (Phi) is 1.28. The van der Waals surface area contributed by atoms with Crippen LogP contribution in [0.5, 0.6) is 0 Å². The Morgan fingerprint density at radius 2 is 2.43 bits per heavy atom. The second kappa shape index (κ2) is 2.36.